The normalized spacial score (nSPS) is 8.91. The van der Waals surface area contributed by atoms with Crippen LogP contribution in [0.15, 0.2) is 11.6 Å². The molecule has 0 radical (unpaired) electrons. The number of hydrogen-bond donors (Lipinski definition) is 0. The topological polar surface area (TPSA) is 20.9 Å². The minimum atomic E-state index is 0. The highest BCUT2D eigenvalue weighted by Crippen LogP contribution is 1.98. The Morgan fingerprint density at radius 2 is 2.36 bits per heavy atom. The molecule has 0 saturated carbocycles. The maximum absolute atomic E-state index is 10.6. The average molecular weight is 193 g/mol. The van der Waals surface area contributed by atoms with Gasteiger partial charge in [0.25, 0.3) is 0 Å². The second kappa shape index (κ2) is 4.46. The van der Waals surface area contributed by atoms with Crippen LogP contribution in [-0.4, -0.2) is 5.78 Å². The van der Waals surface area contributed by atoms with Gasteiger partial charge in [-0.3, -0.25) is 4.79 Å². The predicted octanol–water partition coefficient (Wildman–Crippen LogP) is 1.35. The molecular formula is C7H11ClNOS+. The fraction of sp³-hybridized carbons (Fsp3) is 0.429. The van der Waals surface area contributed by atoms with Gasteiger partial charge in [0.1, 0.15) is 0 Å². The molecule has 1 heterocycles. The fourth-order valence-corrected chi connectivity index (χ4v) is 1.44. The van der Waals surface area contributed by atoms with E-state index >= 15 is 0 Å². The molecule has 0 aliphatic rings. The van der Waals surface area contributed by atoms with Crippen LogP contribution in [0.1, 0.15) is 11.9 Å². The van der Waals surface area contributed by atoms with Gasteiger partial charge in [0, 0.05) is 13.8 Å². The Labute approximate surface area is 76.3 Å². The summed E-state index contributed by atoms with van der Waals surface area (Å²) in [6.45, 7) is 4.12. The second-order valence-corrected chi connectivity index (χ2v) is 3.35. The minimum Gasteiger partial charge on any atom is -0.293 e. The smallest absolute Gasteiger partial charge is 0.234 e. The standard InChI is InChI=1S/C7H10NOS.ClH/c1-6(9)5-8-3-4-10-7(8)2;/h3-4H,5H2,1-2H3;1H/q+1;. The van der Waals surface area contributed by atoms with Crippen LogP contribution in [-0.2, 0) is 11.3 Å². The molecule has 0 amide bonds. The number of Topliss-reactive ketones (excluding diaryl/α,β-unsaturated/α-hetero) is 1. The molecule has 11 heavy (non-hydrogen) atoms. The molecule has 0 aromatic carbocycles. The number of halogens is 1. The Bertz CT molecular complexity index is 246. The van der Waals surface area contributed by atoms with E-state index in [2.05, 4.69) is 0 Å². The molecule has 0 aliphatic heterocycles. The first kappa shape index (κ1) is 10.6. The van der Waals surface area contributed by atoms with Gasteiger partial charge in [-0.05, 0) is 0 Å². The Morgan fingerprint density at radius 1 is 1.73 bits per heavy atom. The van der Waals surface area contributed by atoms with Gasteiger partial charge in [-0.25, -0.2) is 0 Å². The first-order chi connectivity index (χ1) is 4.70. The molecule has 1 aromatic rings. The van der Waals surface area contributed by atoms with Gasteiger partial charge < -0.3 is 0 Å². The Morgan fingerprint density at radius 3 is 2.73 bits per heavy atom. The number of hydrogen-bond acceptors (Lipinski definition) is 2. The summed E-state index contributed by atoms with van der Waals surface area (Å²) in [6, 6.07) is 0. The highest BCUT2D eigenvalue weighted by atomic mass is 35.5. The molecule has 0 N–H and O–H groups in total. The summed E-state index contributed by atoms with van der Waals surface area (Å²) >= 11 is 1.66. The summed E-state index contributed by atoms with van der Waals surface area (Å²) in [7, 11) is 0. The molecule has 0 unspecified atom stereocenters. The molecular weight excluding hydrogens is 182 g/mol. The van der Waals surface area contributed by atoms with E-state index in [4.69, 9.17) is 0 Å². The van der Waals surface area contributed by atoms with Crippen molar-refractivity contribution < 1.29 is 9.36 Å². The SMILES string of the molecule is CC(=O)C[n+]1ccsc1C.Cl. The first-order valence-corrected chi connectivity index (χ1v) is 4.01. The zero-order valence-electron chi connectivity index (χ0n) is 6.53. The second-order valence-electron chi connectivity index (χ2n) is 2.25. The van der Waals surface area contributed by atoms with Crippen LogP contribution < -0.4 is 4.57 Å². The van der Waals surface area contributed by atoms with Crippen molar-refractivity contribution in [3.05, 3.63) is 16.6 Å². The maximum atomic E-state index is 10.6. The molecule has 1 aromatic heterocycles. The van der Waals surface area contributed by atoms with Crippen molar-refractivity contribution in [2.24, 2.45) is 0 Å². The van der Waals surface area contributed by atoms with Gasteiger partial charge in [0.05, 0.1) is 5.38 Å². The monoisotopic (exact) mass is 192 g/mol. The van der Waals surface area contributed by atoms with E-state index in [1.807, 2.05) is 23.1 Å². The fourth-order valence-electron chi connectivity index (χ4n) is 0.779. The van der Waals surface area contributed by atoms with Crippen molar-refractivity contribution in [3.63, 3.8) is 0 Å². The summed E-state index contributed by atoms with van der Waals surface area (Å²) in [5.74, 6) is 0.200. The van der Waals surface area contributed by atoms with Crippen molar-refractivity contribution in [1.82, 2.24) is 0 Å². The minimum absolute atomic E-state index is 0. The number of rotatable bonds is 2. The third kappa shape index (κ3) is 2.99. The van der Waals surface area contributed by atoms with Gasteiger partial charge in [-0.1, -0.05) is 11.3 Å². The Kier molecular flexibility index (Phi) is 4.30. The number of nitrogens with zero attached hydrogens (tertiary/aromatic N) is 1. The molecule has 0 atom stereocenters. The molecule has 4 heteroatoms. The van der Waals surface area contributed by atoms with Gasteiger partial charge in [-0.2, -0.15) is 4.57 Å². The van der Waals surface area contributed by atoms with E-state index in [1.54, 1.807) is 18.3 Å². The van der Waals surface area contributed by atoms with Gasteiger partial charge >= 0.3 is 0 Å². The lowest BCUT2D eigenvalue weighted by atomic mass is 10.4. The molecule has 2 nitrogen and oxygen atoms in total. The molecule has 0 saturated heterocycles. The average Bonchev–Trinajstić information content (AvgIpc) is 2.15. The van der Waals surface area contributed by atoms with Crippen molar-refractivity contribution in [2.45, 2.75) is 20.4 Å². The van der Waals surface area contributed by atoms with Crippen molar-refractivity contribution >= 4 is 29.5 Å². The highest BCUT2D eigenvalue weighted by molar-refractivity contribution is 7.09. The molecule has 0 bridgehead atoms. The third-order valence-electron chi connectivity index (χ3n) is 1.28. The molecule has 62 valence electrons. The Hall–Kier alpha value is -0.410. The molecule has 0 spiro atoms. The van der Waals surface area contributed by atoms with E-state index in [1.165, 1.54) is 5.01 Å². The van der Waals surface area contributed by atoms with Crippen LogP contribution in [0.2, 0.25) is 0 Å². The third-order valence-corrected chi connectivity index (χ3v) is 2.11. The number of carbonyl (C=O) groups excluding carboxylic acids is 1. The van der Waals surface area contributed by atoms with Crippen LogP contribution in [0, 0.1) is 6.92 Å². The summed E-state index contributed by atoms with van der Waals surface area (Å²) in [6.07, 6.45) is 1.93. The van der Waals surface area contributed by atoms with Gasteiger partial charge in [0.2, 0.25) is 11.6 Å². The highest BCUT2D eigenvalue weighted by Gasteiger charge is 2.08. The van der Waals surface area contributed by atoms with E-state index in [0.717, 1.165) is 0 Å². The number of aromatic nitrogens is 1. The lowest BCUT2D eigenvalue weighted by Gasteiger charge is -1.87. The van der Waals surface area contributed by atoms with E-state index < -0.39 is 0 Å². The van der Waals surface area contributed by atoms with Gasteiger partial charge in [0.15, 0.2) is 12.0 Å². The quantitative estimate of drug-likeness (QED) is 0.649. The van der Waals surface area contributed by atoms with Gasteiger partial charge in [-0.15, -0.1) is 12.4 Å². The summed E-state index contributed by atoms with van der Waals surface area (Å²) in [4.78, 5) is 10.6. The van der Waals surface area contributed by atoms with Crippen LogP contribution in [0.4, 0.5) is 0 Å². The molecule has 0 aliphatic carbocycles. The number of thiazole rings is 1. The van der Waals surface area contributed by atoms with E-state index in [-0.39, 0.29) is 18.2 Å². The largest absolute Gasteiger partial charge is 0.293 e. The summed E-state index contributed by atoms with van der Waals surface area (Å²) in [5.41, 5.74) is 0. The lowest BCUT2D eigenvalue weighted by Crippen LogP contribution is -2.37. The first-order valence-electron chi connectivity index (χ1n) is 3.13. The molecule has 0 fully saturated rings. The summed E-state index contributed by atoms with van der Waals surface area (Å²) in [5, 5.41) is 3.16. The lowest BCUT2D eigenvalue weighted by molar-refractivity contribution is -0.685. The molecule has 1 rings (SSSR count). The zero-order chi connectivity index (χ0) is 7.56. The van der Waals surface area contributed by atoms with Crippen molar-refractivity contribution in [1.29, 1.82) is 0 Å². The van der Waals surface area contributed by atoms with Crippen LogP contribution >= 0.6 is 23.7 Å². The van der Waals surface area contributed by atoms with Crippen LogP contribution in [0.25, 0.3) is 0 Å². The number of ketones is 1. The maximum Gasteiger partial charge on any atom is 0.234 e. The van der Waals surface area contributed by atoms with E-state index in [0.29, 0.717) is 6.54 Å². The number of aryl methyl sites for hydroxylation is 1. The zero-order valence-corrected chi connectivity index (χ0v) is 8.17. The predicted molar refractivity (Wildman–Crippen MR) is 47.2 cm³/mol. The van der Waals surface area contributed by atoms with Crippen LogP contribution in [0.3, 0.4) is 0 Å². The van der Waals surface area contributed by atoms with E-state index in [9.17, 15) is 4.79 Å². The van der Waals surface area contributed by atoms with Crippen molar-refractivity contribution in [2.75, 3.05) is 0 Å². The number of carbonyl (C=O) groups is 1. The summed E-state index contributed by atoms with van der Waals surface area (Å²) < 4.78 is 1.95. The van der Waals surface area contributed by atoms with Crippen LogP contribution in [0.5, 0.6) is 0 Å². The van der Waals surface area contributed by atoms with Crippen molar-refractivity contribution in [3.8, 4) is 0 Å². The Balaban J connectivity index is 0.000001000.